The molecule has 0 spiro atoms. The number of carbonyl (C=O) groups excluding carboxylic acids is 1. The Kier molecular flexibility index (Phi) is 9.31. The summed E-state index contributed by atoms with van der Waals surface area (Å²) in [7, 11) is -3.77. The van der Waals surface area contributed by atoms with Crippen LogP contribution >= 0.6 is 0 Å². The molecule has 0 bridgehead atoms. The minimum absolute atomic E-state index is 0.195. The first-order valence-electron chi connectivity index (χ1n) is 9.88. The fourth-order valence-corrected chi connectivity index (χ4v) is 4.20. The van der Waals surface area contributed by atoms with Crippen LogP contribution in [-0.2, 0) is 26.0 Å². The van der Waals surface area contributed by atoms with Gasteiger partial charge in [-0.05, 0) is 44.4 Å². The van der Waals surface area contributed by atoms with Crippen molar-refractivity contribution >= 4 is 15.9 Å². The summed E-state index contributed by atoms with van der Waals surface area (Å²) in [5.74, 6) is -0.315. The van der Waals surface area contributed by atoms with Gasteiger partial charge in [-0.3, -0.25) is 4.79 Å². The molecule has 6 nitrogen and oxygen atoms in total. The SMILES string of the molecule is CCOCCCNC(=O)CN(CCc1ccccc1)S(=O)(=O)c1ccc(C)cc1. The highest BCUT2D eigenvalue weighted by Crippen LogP contribution is 2.17. The number of nitrogens with one attached hydrogen (secondary N) is 1. The Hall–Kier alpha value is -2.22. The van der Waals surface area contributed by atoms with E-state index in [9.17, 15) is 13.2 Å². The predicted octanol–water partition coefficient (Wildman–Crippen LogP) is 2.77. The van der Waals surface area contributed by atoms with Crippen molar-refractivity contribution in [1.29, 1.82) is 0 Å². The summed E-state index contributed by atoms with van der Waals surface area (Å²) in [6, 6.07) is 16.3. The number of rotatable bonds is 12. The minimum Gasteiger partial charge on any atom is -0.382 e. The third-order valence-corrected chi connectivity index (χ3v) is 6.32. The molecule has 0 aliphatic carbocycles. The van der Waals surface area contributed by atoms with Crippen LogP contribution in [0.1, 0.15) is 24.5 Å². The van der Waals surface area contributed by atoms with Crippen LogP contribution in [0.3, 0.4) is 0 Å². The van der Waals surface area contributed by atoms with Crippen LogP contribution in [0.4, 0.5) is 0 Å². The van der Waals surface area contributed by atoms with Crippen molar-refractivity contribution in [2.45, 2.75) is 31.6 Å². The van der Waals surface area contributed by atoms with E-state index in [4.69, 9.17) is 4.74 Å². The Morgan fingerprint density at radius 1 is 1.07 bits per heavy atom. The highest BCUT2D eigenvalue weighted by atomic mass is 32.2. The fraction of sp³-hybridized carbons (Fsp3) is 0.409. The number of hydrogen-bond acceptors (Lipinski definition) is 4. The third kappa shape index (κ3) is 7.61. The number of hydrogen-bond donors (Lipinski definition) is 1. The lowest BCUT2D eigenvalue weighted by atomic mass is 10.1. The molecule has 0 saturated carbocycles. The summed E-state index contributed by atoms with van der Waals surface area (Å²) < 4.78 is 32.8. The lowest BCUT2D eigenvalue weighted by molar-refractivity contribution is -0.121. The zero-order valence-corrected chi connectivity index (χ0v) is 18.0. The summed E-state index contributed by atoms with van der Waals surface area (Å²) in [5.41, 5.74) is 2.00. The second-order valence-electron chi connectivity index (χ2n) is 6.79. The Balaban J connectivity index is 2.08. The molecule has 158 valence electrons. The number of carbonyl (C=O) groups is 1. The Morgan fingerprint density at radius 3 is 2.41 bits per heavy atom. The maximum absolute atomic E-state index is 13.1. The molecule has 0 unspecified atom stereocenters. The molecule has 2 aromatic rings. The molecule has 0 aliphatic rings. The van der Waals surface area contributed by atoms with Crippen LogP contribution in [0, 0.1) is 6.92 Å². The summed E-state index contributed by atoms with van der Waals surface area (Å²) in [4.78, 5) is 12.6. The molecule has 2 aromatic carbocycles. The molecule has 0 heterocycles. The molecule has 0 saturated heterocycles. The van der Waals surface area contributed by atoms with Gasteiger partial charge in [0.1, 0.15) is 0 Å². The molecular weight excluding hydrogens is 388 g/mol. The Morgan fingerprint density at radius 2 is 1.76 bits per heavy atom. The first kappa shape index (κ1) is 23.1. The fourth-order valence-electron chi connectivity index (χ4n) is 2.80. The molecule has 1 N–H and O–H groups in total. The average Bonchev–Trinajstić information content (AvgIpc) is 2.72. The van der Waals surface area contributed by atoms with Crippen molar-refractivity contribution in [2.24, 2.45) is 0 Å². The maximum atomic E-state index is 13.1. The third-order valence-electron chi connectivity index (χ3n) is 4.46. The van der Waals surface area contributed by atoms with Gasteiger partial charge in [-0.2, -0.15) is 4.31 Å². The summed E-state index contributed by atoms with van der Waals surface area (Å²) >= 11 is 0. The Labute approximate surface area is 173 Å². The van der Waals surface area contributed by atoms with Crippen molar-refractivity contribution in [3.8, 4) is 0 Å². The van der Waals surface area contributed by atoms with E-state index in [2.05, 4.69) is 5.32 Å². The monoisotopic (exact) mass is 418 g/mol. The van der Waals surface area contributed by atoms with E-state index in [1.165, 1.54) is 4.31 Å². The molecule has 1 amide bonds. The van der Waals surface area contributed by atoms with Crippen LogP contribution in [-0.4, -0.2) is 51.5 Å². The van der Waals surface area contributed by atoms with Gasteiger partial charge >= 0.3 is 0 Å². The van der Waals surface area contributed by atoms with E-state index in [-0.39, 0.29) is 23.9 Å². The van der Waals surface area contributed by atoms with Crippen LogP contribution < -0.4 is 5.32 Å². The molecule has 0 aromatic heterocycles. The highest BCUT2D eigenvalue weighted by molar-refractivity contribution is 7.89. The van der Waals surface area contributed by atoms with E-state index in [1.54, 1.807) is 24.3 Å². The molecule has 0 radical (unpaired) electrons. The van der Waals surface area contributed by atoms with Gasteiger partial charge in [-0.15, -0.1) is 0 Å². The Bertz CT molecular complexity index is 852. The number of nitrogens with zero attached hydrogens (tertiary/aromatic N) is 1. The van der Waals surface area contributed by atoms with Gasteiger partial charge in [-0.25, -0.2) is 8.42 Å². The maximum Gasteiger partial charge on any atom is 0.243 e. The van der Waals surface area contributed by atoms with Gasteiger partial charge in [-0.1, -0.05) is 48.0 Å². The van der Waals surface area contributed by atoms with Crippen LogP contribution in [0.25, 0.3) is 0 Å². The summed E-state index contributed by atoms with van der Waals surface area (Å²) in [5, 5.41) is 2.78. The topological polar surface area (TPSA) is 75.7 Å². The lowest BCUT2D eigenvalue weighted by Gasteiger charge is -2.22. The average molecular weight is 419 g/mol. The molecular formula is C22H30N2O4S. The number of amides is 1. The normalized spacial score (nSPS) is 11.6. The zero-order chi connectivity index (χ0) is 21.1. The molecule has 2 rings (SSSR count). The molecule has 0 fully saturated rings. The van der Waals surface area contributed by atoms with Gasteiger partial charge in [0.15, 0.2) is 0 Å². The lowest BCUT2D eigenvalue weighted by Crippen LogP contribution is -2.42. The number of benzene rings is 2. The van der Waals surface area contributed by atoms with Crippen molar-refractivity contribution in [2.75, 3.05) is 32.8 Å². The number of sulfonamides is 1. The highest BCUT2D eigenvalue weighted by Gasteiger charge is 2.26. The number of ether oxygens (including phenoxy) is 1. The second kappa shape index (κ2) is 11.7. The number of aryl methyl sites for hydroxylation is 1. The first-order chi connectivity index (χ1) is 13.9. The zero-order valence-electron chi connectivity index (χ0n) is 17.1. The van der Waals surface area contributed by atoms with E-state index in [0.717, 1.165) is 11.1 Å². The van der Waals surface area contributed by atoms with Crippen molar-refractivity contribution in [3.05, 3.63) is 65.7 Å². The van der Waals surface area contributed by atoms with Gasteiger partial charge in [0.25, 0.3) is 0 Å². The molecule has 29 heavy (non-hydrogen) atoms. The summed E-state index contributed by atoms with van der Waals surface area (Å²) in [6.45, 7) is 5.49. The van der Waals surface area contributed by atoms with Gasteiger partial charge in [0, 0.05) is 26.3 Å². The quantitative estimate of drug-likeness (QED) is 0.538. The molecule has 0 aliphatic heterocycles. The van der Waals surface area contributed by atoms with Crippen LogP contribution in [0.5, 0.6) is 0 Å². The molecule has 0 atom stereocenters. The second-order valence-corrected chi connectivity index (χ2v) is 8.73. The van der Waals surface area contributed by atoms with Crippen molar-refractivity contribution in [1.82, 2.24) is 9.62 Å². The van der Waals surface area contributed by atoms with Crippen LogP contribution in [0.2, 0.25) is 0 Å². The van der Waals surface area contributed by atoms with Gasteiger partial charge in [0.05, 0.1) is 11.4 Å². The smallest absolute Gasteiger partial charge is 0.243 e. The van der Waals surface area contributed by atoms with Gasteiger partial charge in [0.2, 0.25) is 15.9 Å². The van der Waals surface area contributed by atoms with E-state index >= 15 is 0 Å². The van der Waals surface area contributed by atoms with Crippen molar-refractivity contribution < 1.29 is 17.9 Å². The summed E-state index contributed by atoms with van der Waals surface area (Å²) in [6.07, 6.45) is 1.22. The first-order valence-corrected chi connectivity index (χ1v) is 11.3. The standard InChI is InChI=1S/C22H30N2O4S/c1-3-28-17-7-15-23-22(25)18-24(16-14-20-8-5-4-6-9-20)29(26,27)21-12-10-19(2)11-13-21/h4-6,8-13H,3,7,14-18H2,1-2H3,(H,23,25). The van der Waals surface area contributed by atoms with E-state index < -0.39 is 10.0 Å². The minimum atomic E-state index is -3.77. The van der Waals surface area contributed by atoms with E-state index in [1.807, 2.05) is 44.2 Å². The van der Waals surface area contributed by atoms with E-state index in [0.29, 0.717) is 32.6 Å². The van der Waals surface area contributed by atoms with Crippen molar-refractivity contribution in [3.63, 3.8) is 0 Å². The van der Waals surface area contributed by atoms with Gasteiger partial charge < -0.3 is 10.1 Å². The largest absolute Gasteiger partial charge is 0.382 e. The van der Waals surface area contributed by atoms with Crippen LogP contribution in [0.15, 0.2) is 59.5 Å². The molecule has 7 heteroatoms. The predicted molar refractivity (Wildman–Crippen MR) is 114 cm³/mol.